The van der Waals surface area contributed by atoms with Gasteiger partial charge in [0.2, 0.25) is 0 Å². The van der Waals surface area contributed by atoms with Crippen LogP contribution in [0, 0.1) is 0 Å². The Balaban J connectivity index is 0.000000747. The molecule has 0 atom stereocenters. The third kappa shape index (κ3) is 12.7. The quantitative estimate of drug-likeness (QED) is 0.380. The summed E-state index contributed by atoms with van der Waals surface area (Å²) < 4.78 is 66.5. The molecule has 0 saturated carbocycles. The second-order valence-corrected chi connectivity index (χ2v) is 10.5. The molecule has 0 heterocycles. The van der Waals surface area contributed by atoms with Gasteiger partial charge in [0.1, 0.15) is 0 Å². The van der Waals surface area contributed by atoms with Crippen LogP contribution in [0.2, 0.25) is 0 Å². The fourth-order valence-electron chi connectivity index (χ4n) is 2.47. The number of benzene rings is 2. The third-order valence-electron chi connectivity index (χ3n) is 4.37. The molecule has 2 rings (SSSR count). The molecule has 0 bridgehead atoms. The molecule has 0 aliphatic heterocycles. The summed E-state index contributed by atoms with van der Waals surface area (Å²) in [4.78, 5) is 2.60. The van der Waals surface area contributed by atoms with Gasteiger partial charge < -0.3 is 0 Å². The predicted octanol–water partition coefficient (Wildman–Crippen LogP) is 9.44. The van der Waals surface area contributed by atoms with Gasteiger partial charge in [-0.05, 0) is 46.2 Å². The van der Waals surface area contributed by atoms with Gasteiger partial charge in [0.15, 0.2) is 0 Å². The minimum absolute atomic E-state index is 0. The summed E-state index contributed by atoms with van der Waals surface area (Å²) >= 11 is 1.83. The standard InChI is InChI=1S/C20H26S.C4H4F6.H2S/c1-19(2,3)15-7-11-17(12-8-15)21-18-13-9-16(10-14-18)20(4,5)6;5-3(6,7)1-2-4(8,9)10;/h7-14H,1-6H3;1-2H2;1H2. The zero-order valence-corrected chi connectivity index (χ0v) is 21.0. The van der Waals surface area contributed by atoms with E-state index < -0.39 is 25.2 Å². The van der Waals surface area contributed by atoms with Crippen molar-refractivity contribution in [2.75, 3.05) is 0 Å². The zero-order valence-electron chi connectivity index (χ0n) is 19.2. The molecule has 8 heteroatoms. The maximum Gasteiger partial charge on any atom is 0.389 e. The Morgan fingerprint density at radius 1 is 0.531 bits per heavy atom. The minimum Gasteiger partial charge on any atom is -0.197 e. The van der Waals surface area contributed by atoms with Crippen molar-refractivity contribution in [2.24, 2.45) is 0 Å². The number of halogens is 6. The molecule has 0 saturated heterocycles. The maximum absolute atomic E-state index is 11.1. The van der Waals surface area contributed by atoms with Crippen molar-refractivity contribution < 1.29 is 26.3 Å². The number of alkyl halides is 6. The van der Waals surface area contributed by atoms with Crippen LogP contribution in [0.15, 0.2) is 58.3 Å². The van der Waals surface area contributed by atoms with Gasteiger partial charge in [-0.25, -0.2) is 0 Å². The summed E-state index contributed by atoms with van der Waals surface area (Å²) in [5.74, 6) is 0. The van der Waals surface area contributed by atoms with Crippen molar-refractivity contribution in [1.29, 1.82) is 0 Å². The summed E-state index contributed by atoms with van der Waals surface area (Å²) in [5.41, 5.74) is 3.21. The van der Waals surface area contributed by atoms with Crippen LogP contribution in [-0.2, 0) is 10.8 Å². The fraction of sp³-hybridized carbons (Fsp3) is 0.500. The Kier molecular flexibility index (Phi) is 11.3. The van der Waals surface area contributed by atoms with E-state index in [0.29, 0.717) is 0 Å². The zero-order chi connectivity index (χ0) is 24.1. The van der Waals surface area contributed by atoms with Gasteiger partial charge in [-0.2, -0.15) is 39.8 Å². The van der Waals surface area contributed by atoms with Gasteiger partial charge in [-0.15, -0.1) is 0 Å². The first-order valence-electron chi connectivity index (χ1n) is 9.89. The number of rotatable bonds is 3. The Labute approximate surface area is 198 Å². The van der Waals surface area contributed by atoms with Crippen LogP contribution in [-0.4, -0.2) is 12.4 Å². The van der Waals surface area contributed by atoms with Crippen molar-refractivity contribution in [3.63, 3.8) is 0 Å². The molecule has 0 N–H and O–H groups in total. The summed E-state index contributed by atoms with van der Waals surface area (Å²) in [6, 6.07) is 17.9. The van der Waals surface area contributed by atoms with Gasteiger partial charge in [0.05, 0.1) is 12.8 Å². The lowest BCUT2D eigenvalue weighted by Crippen LogP contribution is -2.15. The van der Waals surface area contributed by atoms with Crippen LogP contribution in [0.1, 0.15) is 65.5 Å². The molecule has 182 valence electrons. The van der Waals surface area contributed by atoms with E-state index in [2.05, 4.69) is 90.1 Å². The van der Waals surface area contributed by atoms with E-state index in [9.17, 15) is 26.3 Å². The largest absolute Gasteiger partial charge is 0.389 e. The smallest absolute Gasteiger partial charge is 0.197 e. The molecule has 0 radical (unpaired) electrons. The van der Waals surface area contributed by atoms with Crippen LogP contribution in [0.4, 0.5) is 26.3 Å². The second kappa shape index (κ2) is 11.7. The number of hydrogen-bond donors (Lipinski definition) is 0. The highest BCUT2D eigenvalue weighted by atomic mass is 32.2. The van der Waals surface area contributed by atoms with Crippen molar-refractivity contribution in [2.45, 2.75) is 87.4 Å². The first-order valence-corrected chi connectivity index (χ1v) is 10.7. The van der Waals surface area contributed by atoms with Gasteiger partial charge in [0.25, 0.3) is 0 Å². The van der Waals surface area contributed by atoms with E-state index in [1.807, 2.05) is 11.8 Å². The van der Waals surface area contributed by atoms with Crippen molar-refractivity contribution in [3.8, 4) is 0 Å². The fourth-order valence-corrected chi connectivity index (χ4v) is 3.28. The Morgan fingerprint density at radius 3 is 0.969 bits per heavy atom. The van der Waals surface area contributed by atoms with Crippen LogP contribution in [0.5, 0.6) is 0 Å². The van der Waals surface area contributed by atoms with Crippen molar-refractivity contribution in [3.05, 3.63) is 59.7 Å². The summed E-state index contributed by atoms with van der Waals surface area (Å²) in [7, 11) is 0. The lowest BCUT2D eigenvalue weighted by atomic mass is 9.87. The molecule has 2 aromatic rings. The van der Waals surface area contributed by atoms with Crippen LogP contribution in [0.3, 0.4) is 0 Å². The Bertz CT molecular complexity index is 724. The minimum atomic E-state index is -4.71. The third-order valence-corrected chi connectivity index (χ3v) is 5.38. The van der Waals surface area contributed by atoms with Gasteiger partial charge in [0, 0.05) is 9.79 Å². The van der Waals surface area contributed by atoms with E-state index in [-0.39, 0.29) is 24.3 Å². The normalized spacial score (nSPS) is 12.5. The first-order chi connectivity index (χ1) is 13.9. The molecule has 0 fully saturated rings. The average Bonchev–Trinajstić information content (AvgIpc) is 2.59. The molecule has 2 aromatic carbocycles. The molecular weight excluding hydrogens is 466 g/mol. The molecular formula is C24H32F6S2. The van der Waals surface area contributed by atoms with E-state index in [4.69, 9.17) is 0 Å². The Hall–Kier alpha value is -1.28. The van der Waals surface area contributed by atoms with E-state index in [1.165, 1.54) is 20.9 Å². The molecule has 0 amide bonds. The first kappa shape index (κ1) is 30.7. The molecule has 0 aliphatic carbocycles. The molecule has 32 heavy (non-hydrogen) atoms. The Morgan fingerprint density at radius 2 is 0.781 bits per heavy atom. The maximum atomic E-state index is 11.1. The van der Waals surface area contributed by atoms with E-state index >= 15 is 0 Å². The lowest BCUT2D eigenvalue weighted by Gasteiger charge is -2.19. The van der Waals surface area contributed by atoms with Crippen molar-refractivity contribution in [1.82, 2.24) is 0 Å². The molecule has 0 unspecified atom stereocenters. The highest BCUT2D eigenvalue weighted by Crippen LogP contribution is 2.32. The highest BCUT2D eigenvalue weighted by molar-refractivity contribution is 7.99. The highest BCUT2D eigenvalue weighted by Gasteiger charge is 2.36. The topological polar surface area (TPSA) is 0 Å². The van der Waals surface area contributed by atoms with E-state index in [1.54, 1.807) is 0 Å². The average molecular weight is 499 g/mol. The molecule has 0 nitrogen and oxygen atoms in total. The van der Waals surface area contributed by atoms with Crippen LogP contribution < -0.4 is 0 Å². The second-order valence-electron chi connectivity index (χ2n) is 9.38. The van der Waals surface area contributed by atoms with Gasteiger partial charge >= 0.3 is 12.4 Å². The van der Waals surface area contributed by atoms with Gasteiger partial charge in [-0.1, -0.05) is 77.6 Å². The molecule has 0 spiro atoms. The predicted molar refractivity (Wildman–Crippen MR) is 126 cm³/mol. The SMILES string of the molecule is CC(C)(C)c1ccc(Sc2ccc(C(C)(C)C)cc2)cc1.FC(F)(F)CCC(F)(F)F.S. The van der Waals surface area contributed by atoms with Crippen LogP contribution >= 0.6 is 25.3 Å². The van der Waals surface area contributed by atoms with E-state index in [0.717, 1.165) is 0 Å². The van der Waals surface area contributed by atoms with Crippen molar-refractivity contribution >= 4 is 25.3 Å². The molecule has 0 aromatic heterocycles. The van der Waals surface area contributed by atoms with Gasteiger partial charge in [-0.3, -0.25) is 0 Å². The summed E-state index contributed by atoms with van der Waals surface area (Å²) in [5, 5.41) is 0. The number of hydrogen-bond acceptors (Lipinski definition) is 1. The monoisotopic (exact) mass is 498 g/mol. The lowest BCUT2D eigenvalue weighted by molar-refractivity contribution is -0.183. The molecule has 0 aliphatic rings. The summed E-state index contributed by atoms with van der Waals surface area (Å²) in [6.07, 6.45) is -13.0. The summed E-state index contributed by atoms with van der Waals surface area (Å²) in [6.45, 7) is 13.5. The van der Waals surface area contributed by atoms with Crippen LogP contribution in [0.25, 0.3) is 0 Å².